The van der Waals surface area contributed by atoms with Crippen LogP contribution < -0.4 is 10.5 Å². The molecule has 5 nitrogen and oxygen atoms in total. The predicted octanol–water partition coefficient (Wildman–Crippen LogP) is 3.71. The van der Waals surface area contributed by atoms with Gasteiger partial charge in [0.2, 0.25) is 5.88 Å². The first-order valence-corrected chi connectivity index (χ1v) is 7.15. The van der Waals surface area contributed by atoms with E-state index in [-0.39, 0.29) is 5.84 Å². The van der Waals surface area contributed by atoms with E-state index in [0.29, 0.717) is 23.1 Å². The summed E-state index contributed by atoms with van der Waals surface area (Å²) < 4.78 is 5.90. The van der Waals surface area contributed by atoms with Gasteiger partial charge in [-0.15, -0.1) is 0 Å². The number of nitrogens with two attached hydrogens (primary N) is 1. The maximum atomic E-state index is 8.89. The third kappa shape index (κ3) is 3.55. The van der Waals surface area contributed by atoms with Gasteiger partial charge in [-0.1, -0.05) is 25.1 Å². The Morgan fingerprint density at radius 1 is 1.23 bits per heavy atom. The predicted molar refractivity (Wildman–Crippen MR) is 86.8 cm³/mol. The lowest BCUT2D eigenvalue weighted by Crippen LogP contribution is -2.15. The zero-order chi connectivity index (χ0) is 16.3. The smallest absolute Gasteiger partial charge is 0.230 e. The number of rotatable bonds is 4. The highest BCUT2D eigenvalue weighted by molar-refractivity contribution is 5.99. The van der Waals surface area contributed by atoms with Crippen LogP contribution in [0.4, 0.5) is 0 Å². The Morgan fingerprint density at radius 3 is 2.59 bits per heavy atom. The van der Waals surface area contributed by atoms with Gasteiger partial charge in [0.05, 0.1) is 5.56 Å². The van der Waals surface area contributed by atoms with Crippen LogP contribution in [-0.4, -0.2) is 16.0 Å². The van der Waals surface area contributed by atoms with Gasteiger partial charge in [0, 0.05) is 5.69 Å². The first kappa shape index (κ1) is 15.8. The zero-order valence-corrected chi connectivity index (χ0v) is 13.3. The van der Waals surface area contributed by atoms with Crippen molar-refractivity contribution >= 4 is 5.84 Å². The topological polar surface area (TPSA) is 80.7 Å². The molecule has 0 atom stereocenters. The van der Waals surface area contributed by atoms with Gasteiger partial charge in [-0.2, -0.15) is 0 Å². The summed E-state index contributed by atoms with van der Waals surface area (Å²) in [6.45, 7) is 8.14. The van der Waals surface area contributed by atoms with E-state index in [4.69, 9.17) is 15.7 Å². The highest BCUT2D eigenvalue weighted by Crippen LogP contribution is 2.28. The quantitative estimate of drug-likeness (QED) is 0.390. The van der Waals surface area contributed by atoms with Gasteiger partial charge in [-0.3, -0.25) is 0 Å². The number of aromatic nitrogens is 1. The molecule has 0 aliphatic carbocycles. The molecule has 0 radical (unpaired) electrons. The number of nitrogens with zero attached hydrogens (tertiary/aromatic N) is 2. The van der Waals surface area contributed by atoms with Crippen LogP contribution in [0.25, 0.3) is 0 Å². The molecule has 0 bridgehead atoms. The summed E-state index contributed by atoms with van der Waals surface area (Å²) in [7, 11) is 0. The fourth-order valence-corrected chi connectivity index (χ4v) is 2.14. The van der Waals surface area contributed by atoms with E-state index >= 15 is 0 Å². The molecule has 0 unspecified atom stereocenters. The van der Waals surface area contributed by atoms with E-state index in [0.717, 1.165) is 11.3 Å². The number of hydrogen-bond acceptors (Lipinski definition) is 4. The van der Waals surface area contributed by atoms with Crippen LogP contribution in [0.15, 0.2) is 35.5 Å². The van der Waals surface area contributed by atoms with E-state index in [1.807, 2.05) is 26.0 Å². The highest BCUT2D eigenvalue weighted by atomic mass is 16.5. The number of oxime groups is 1. The summed E-state index contributed by atoms with van der Waals surface area (Å²) in [5, 5.41) is 11.9. The maximum absolute atomic E-state index is 8.89. The summed E-state index contributed by atoms with van der Waals surface area (Å²) in [4.78, 5) is 4.35. The molecule has 0 saturated heterocycles. The molecule has 5 heteroatoms. The molecule has 2 rings (SSSR count). The second-order valence-electron chi connectivity index (χ2n) is 5.63. The Bertz CT molecular complexity index is 709. The van der Waals surface area contributed by atoms with Crippen LogP contribution >= 0.6 is 0 Å². The van der Waals surface area contributed by atoms with Crippen molar-refractivity contribution in [3.05, 3.63) is 52.7 Å². The fraction of sp³-hybridized carbons (Fsp3) is 0.294. The molecule has 22 heavy (non-hydrogen) atoms. The van der Waals surface area contributed by atoms with E-state index in [2.05, 4.69) is 30.1 Å². The van der Waals surface area contributed by atoms with Crippen molar-refractivity contribution in [3.63, 3.8) is 0 Å². The largest absolute Gasteiger partial charge is 0.438 e. The molecule has 1 aromatic carbocycles. The zero-order valence-electron chi connectivity index (χ0n) is 13.3. The minimum Gasteiger partial charge on any atom is -0.438 e. The number of aryl methyl sites for hydroxylation is 2. The van der Waals surface area contributed by atoms with Crippen LogP contribution in [0.5, 0.6) is 11.6 Å². The molecule has 116 valence electrons. The van der Waals surface area contributed by atoms with E-state index in [1.165, 1.54) is 5.56 Å². The molecule has 0 spiro atoms. The third-order valence-electron chi connectivity index (χ3n) is 3.34. The van der Waals surface area contributed by atoms with Crippen molar-refractivity contribution in [2.45, 2.75) is 33.6 Å². The first-order valence-electron chi connectivity index (χ1n) is 7.15. The van der Waals surface area contributed by atoms with Gasteiger partial charge in [0.25, 0.3) is 0 Å². The van der Waals surface area contributed by atoms with Gasteiger partial charge >= 0.3 is 0 Å². The summed E-state index contributed by atoms with van der Waals surface area (Å²) in [6.07, 6.45) is 0. The second kappa shape index (κ2) is 6.47. The second-order valence-corrected chi connectivity index (χ2v) is 5.63. The summed E-state index contributed by atoms with van der Waals surface area (Å²) >= 11 is 0. The first-order chi connectivity index (χ1) is 10.4. The Morgan fingerprint density at radius 2 is 1.95 bits per heavy atom. The van der Waals surface area contributed by atoms with Crippen molar-refractivity contribution in [1.29, 1.82) is 0 Å². The lowest BCUT2D eigenvalue weighted by atomic mass is 10.0. The minimum absolute atomic E-state index is 0.0285. The molecule has 0 fully saturated rings. The monoisotopic (exact) mass is 299 g/mol. The van der Waals surface area contributed by atoms with Crippen LogP contribution in [0.2, 0.25) is 0 Å². The number of benzene rings is 1. The van der Waals surface area contributed by atoms with E-state index < -0.39 is 0 Å². The average Bonchev–Trinajstić information content (AvgIpc) is 2.46. The van der Waals surface area contributed by atoms with Crippen molar-refractivity contribution in [2.24, 2.45) is 10.9 Å². The van der Waals surface area contributed by atoms with Gasteiger partial charge in [-0.25, -0.2) is 4.98 Å². The molecule has 0 amide bonds. The van der Waals surface area contributed by atoms with Crippen LogP contribution in [0.1, 0.15) is 42.1 Å². The molecule has 0 aliphatic heterocycles. The molecule has 0 saturated carbocycles. The third-order valence-corrected chi connectivity index (χ3v) is 3.34. The average molecular weight is 299 g/mol. The van der Waals surface area contributed by atoms with Crippen LogP contribution in [0.3, 0.4) is 0 Å². The van der Waals surface area contributed by atoms with Gasteiger partial charge < -0.3 is 15.7 Å². The number of hydrogen-bond donors (Lipinski definition) is 2. The van der Waals surface area contributed by atoms with Gasteiger partial charge in [0.1, 0.15) is 5.75 Å². The molecule has 3 N–H and O–H groups in total. The molecule has 1 aromatic heterocycles. The SMILES string of the molecule is Cc1cc(Oc2nc(C)ccc2/C(N)=N/O)cc(C(C)C)c1. The van der Waals surface area contributed by atoms with Crippen LogP contribution in [0, 0.1) is 13.8 Å². The van der Waals surface area contributed by atoms with Crippen molar-refractivity contribution in [2.75, 3.05) is 0 Å². The number of pyridine rings is 1. The maximum Gasteiger partial charge on any atom is 0.230 e. The lowest BCUT2D eigenvalue weighted by Gasteiger charge is -2.13. The standard InChI is InChI=1S/C17H21N3O2/c1-10(2)13-7-11(3)8-14(9-13)22-17-15(16(18)20-21)6-5-12(4)19-17/h5-10,21H,1-4H3,(H2,18,20). The molecular formula is C17H21N3O2. The molecule has 2 aromatic rings. The lowest BCUT2D eigenvalue weighted by molar-refractivity contribution is 0.318. The summed E-state index contributed by atoms with van der Waals surface area (Å²) in [5.41, 5.74) is 9.24. The van der Waals surface area contributed by atoms with Crippen molar-refractivity contribution in [3.8, 4) is 11.6 Å². The van der Waals surface area contributed by atoms with Gasteiger partial charge in [0.15, 0.2) is 5.84 Å². The van der Waals surface area contributed by atoms with E-state index in [1.54, 1.807) is 12.1 Å². The Labute approximate surface area is 130 Å². The molecule has 1 heterocycles. The number of amidine groups is 1. The Kier molecular flexibility index (Phi) is 4.65. The van der Waals surface area contributed by atoms with Crippen molar-refractivity contribution < 1.29 is 9.94 Å². The summed E-state index contributed by atoms with van der Waals surface area (Å²) in [5.74, 6) is 1.39. The fourth-order valence-electron chi connectivity index (χ4n) is 2.14. The number of ether oxygens (including phenoxy) is 1. The molecule has 0 aliphatic rings. The molecular weight excluding hydrogens is 278 g/mol. The minimum atomic E-state index is -0.0285. The summed E-state index contributed by atoms with van der Waals surface area (Å²) in [6, 6.07) is 9.57. The Hall–Kier alpha value is -2.56. The van der Waals surface area contributed by atoms with Crippen LogP contribution in [-0.2, 0) is 0 Å². The highest BCUT2D eigenvalue weighted by Gasteiger charge is 2.12. The Balaban J connectivity index is 2.45. The van der Waals surface area contributed by atoms with Gasteiger partial charge in [-0.05, 0) is 55.2 Å². The normalized spacial score (nSPS) is 11.8. The van der Waals surface area contributed by atoms with E-state index in [9.17, 15) is 0 Å². The van der Waals surface area contributed by atoms with Crippen molar-refractivity contribution in [1.82, 2.24) is 4.98 Å².